The van der Waals surface area contributed by atoms with Gasteiger partial charge in [-0.15, -0.1) is 0 Å². The molecule has 0 saturated carbocycles. The Labute approximate surface area is 116 Å². The summed E-state index contributed by atoms with van der Waals surface area (Å²) in [6, 6.07) is 3.69. The van der Waals surface area contributed by atoms with E-state index >= 15 is 0 Å². The highest BCUT2D eigenvalue weighted by molar-refractivity contribution is 7.89. The summed E-state index contributed by atoms with van der Waals surface area (Å²) in [5.41, 5.74) is 0.973. The second kappa shape index (κ2) is 5.72. The van der Waals surface area contributed by atoms with E-state index in [4.69, 9.17) is 4.42 Å². The molecule has 2 aromatic rings. The molecule has 5 nitrogen and oxygen atoms in total. The molecular weight excluding hydrogens is 283 g/mol. The van der Waals surface area contributed by atoms with Gasteiger partial charge in [0.1, 0.15) is 12.1 Å². The maximum absolute atomic E-state index is 13.1. The third kappa shape index (κ3) is 3.43. The van der Waals surface area contributed by atoms with Crippen LogP contribution in [0.5, 0.6) is 0 Å². The summed E-state index contributed by atoms with van der Waals surface area (Å²) in [6.45, 7) is 3.44. The number of sulfonamides is 1. The number of aryl methyl sites for hydroxylation is 2. The summed E-state index contributed by atoms with van der Waals surface area (Å²) >= 11 is 0. The lowest BCUT2D eigenvalue weighted by molar-refractivity contribution is 0.520. The fraction of sp³-hybridized carbons (Fsp3) is 0.308. The van der Waals surface area contributed by atoms with E-state index in [0.717, 1.165) is 6.07 Å². The zero-order chi connectivity index (χ0) is 14.8. The van der Waals surface area contributed by atoms with Gasteiger partial charge in [0, 0.05) is 19.9 Å². The predicted octanol–water partition coefficient (Wildman–Crippen LogP) is 1.95. The molecule has 0 amide bonds. The van der Waals surface area contributed by atoms with Gasteiger partial charge in [0.15, 0.2) is 5.89 Å². The van der Waals surface area contributed by atoms with Crippen molar-refractivity contribution in [2.45, 2.75) is 25.2 Å². The minimum atomic E-state index is -3.64. The number of halogens is 1. The molecule has 0 radical (unpaired) electrons. The Balaban J connectivity index is 2.02. The number of benzene rings is 1. The minimum absolute atomic E-state index is 0.0488. The number of hydrogen-bond acceptors (Lipinski definition) is 4. The molecule has 0 bridgehead atoms. The molecule has 0 aliphatic rings. The predicted molar refractivity (Wildman–Crippen MR) is 71.3 cm³/mol. The minimum Gasteiger partial charge on any atom is -0.449 e. The molecule has 0 aliphatic carbocycles. The Kier molecular flexibility index (Phi) is 4.20. The van der Waals surface area contributed by atoms with Crippen LogP contribution >= 0.6 is 0 Å². The quantitative estimate of drug-likeness (QED) is 0.915. The van der Waals surface area contributed by atoms with Crippen molar-refractivity contribution in [2.75, 3.05) is 6.54 Å². The number of nitrogens with zero attached hydrogens (tertiary/aromatic N) is 1. The number of rotatable bonds is 5. The summed E-state index contributed by atoms with van der Waals surface area (Å²) in [4.78, 5) is 4.13. The lowest BCUT2D eigenvalue weighted by Gasteiger charge is -2.07. The fourth-order valence-electron chi connectivity index (χ4n) is 1.70. The lowest BCUT2D eigenvalue weighted by atomic mass is 10.2. The van der Waals surface area contributed by atoms with Crippen molar-refractivity contribution in [3.63, 3.8) is 0 Å². The van der Waals surface area contributed by atoms with Crippen molar-refractivity contribution >= 4 is 10.0 Å². The molecule has 20 heavy (non-hydrogen) atoms. The van der Waals surface area contributed by atoms with Gasteiger partial charge < -0.3 is 4.42 Å². The van der Waals surface area contributed by atoms with Gasteiger partial charge >= 0.3 is 0 Å². The van der Waals surface area contributed by atoms with E-state index in [-0.39, 0.29) is 11.4 Å². The largest absolute Gasteiger partial charge is 0.449 e. The van der Waals surface area contributed by atoms with Crippen molar-refractivity contribution in [1.82, 2.24) is 9.71 Å². The highest BCUT2D eigenvalue weighted by atomic mass is 32.2. The number of aromatic nitrogens is 1. The standard InChI is InChI=1S/C13H15FN2O3S/c1-9-7-12(3-4-13(9)14)20(17,18)15-6-5-11-8-19-10(2)16-11/h3-4,7-8,15H,5-6H2,1-2H3. The maximum atomic E-state index is 13.1. The van der Waals surface area contributed by atoms with Crippen LogP contribution in [-0.4, -0.2) is 19.9 Å². The summed E-state index contributed by atoms with van der Waals surface area (Å²) in [6.07, 6.45) is 1.92. The third-order valence-corrected chi connectivity index (χ3v) is 4.24. The Hall–Kier alpha value is -1.73. The van der Waals surface area contributed by atoms with Crippen LogP contribution in [-0.2, 0) is 16.4 Å². The molecule has 1 aromatic carbocycles. The second-order valence-corrected chi connectivity index (χ2v) is 6.18. The Morgan fingerprint density at radius 3 is 2.70 bits per heavy atom. The van der Waals surface area contributed by atoms with Crippen molar-refractivity contribution in [1.29, 1.82) is 0 Å². The topological polar surface area (TPSA) is 72.2 Å². The third-order valence-electron chi connectivity index (χ3n) is 2.78. The molecule has 2 rings (SSSR count). The highest BCUT2D eigenvalue weighted by Crippen LogP contribution is 2.14. The van der Waals surface area contributed by atoms with Crippen LogP contribution < -0.4 is 4.72 Å². The van der Waals surface area contributed by atoms with Gasteiger partial charge in [0.05, 0.1) is 10.6 Å². The average Bonchev–Trinajstić information content (AvgIpc) is 2.78. The zero-order valence-corrected chi connectivity index (χ0v) is 12.0. The Morgan fingerprint density at radius 1 is 1.35 bits per heavy atom. The summed E-state index contributed by atoms with van der Waals surface area (Å²) in [5, 5.41) is 0. The van der Waals surface area contributed by atoms with Crippen LogP contribution in [0, 0.1) is 19.7 Å². The van der Waals surface area contributed by atoms with Crippen molar-refractivity contribution in [2.24, 2.45) is 0 Å². The van der Waals surface area contributed by atoms with Gasteiger partial charge in [-0.2, -0.15) is 0 Å². The molecule has 1 aromatic heterocycles. The van der Waals surface area contributed by atoms with E-state index < -0.39 is 15.8 Å². The second-order valence-electron chi connectivity index (χ2n) is 4.42. The van der Waals surface area contributed by atoms with E-state index in [1.807, 2.05) is 0 Å². The molecular formula is C13H15FN2O3S. The number of nitrogens with one attached hydrogen (secondary N) is 1. The van der Waals surface area contributed by atoms with Crippen LogP contribution in [0.4, 0.5) is 4.39 Å². The molecule has 7 heteroatoms. The smallest absolute Gasteiger partial charge is 0.240 e. The Morgan fingerprint density at radius 2 is 2.10 bits per heavy atom. The van der Waals surface area contributed by atoms with E-state index in [1.54, 1.807) is 6.92 Å². The average molecular weight is 298 g/mol. The first-order valence-electron chi connectivity index (χ1n) is 6.05. The van der Waals surface area contributed by atoms with E-state index in [2.05, 4.69) is 9.71 Å². The van der Waals surface area contributed by atoms with Gasteiger partial charge in [-0.05, 0) is 30.7 Å². The molecule has 0 aliphatic heterocycles. The first-order chi connectivity index (χ1) is 9.38. The zero-order valence-electron chi connectivity index (χ0n) is 11.2. The van der Waals surface area contributed by atoms with Gasteiger partial charge in [0.2, 0.25) is 10.0 Å². The monoisotopic (exact) mass is 298 g/mol. The van der Waals surface area contributed by atoms with Crippen LogP contribution in [0.1, 0.15) is 17.1 Å². The van der Waals surface area contributed by atoms with E-state index in [1.165, 1.54) is 25.3 Å². The van der Waals surface area contributed by atoms with Crippen molar-refractivity contribution < 1.29 is 17.2 Å². The van der Waals surface area contributed by atoms with Crippen LogP contribution in [0.25, 0.3) is 0 Å². The normalized spacial score (nSPS) is 11.8. The van der Waals surface area contributed by atoms with Gasteiger partial charge in [-0.25, -0.2) is 22.5 Å². The molecule has 1 N–H and O–H groups in total. The first kappa shape index (κ1) is 14.7. The van der Waals surface area contributed by atoms with Crippen LogP contribution in [0.2, 0.25) is 0 Å². The van der Waals surface area contributed by atoms with E-state index in [9.17, 15) is 12.8 Å². The first-order valence-corrected chi connectivity index (χ1v) is 7.53. The van der Waals surface area contributed by atoms with Crippen molar-refractivity contribution in [3.8, 4) is 0 Å². The van der Waals surface area contributed by atoms with Gasteiger partial charge in [0.25, 0.3) is 0 Å². The van der Waals surface area contributed by atoms with E-state index in [0.29, 0.717) is 23.6 Å². The molecule has 0 spiro atoms. The highest BCUT2D eigenvalue weighted by Gasteiger charge is 2.15. The fourth-order valence-corrected chi connectivity index (χ4v) is 2.82. The van der Waals surface area contributed by atoms with Crippen LogP contribution in [0.15, 0.2) is 33.8 Å². The summed E-state index contributed by atoms with van der Waals surface area (Å²) < 4.78 is 44.6. The summed E-state index contributed by atoms with van der Waals surface area (Å²) in [7, 11) is -3.64. The van der Waals surface area contributed by atoms with Crippen LogP contribution in [0.3, 0.4) is 0 Å². The lowest BCUT2D eigenvalue weighted by Crippen LogP contribution is -2.26. The number of oxazole rings is 1. The molecule has 0 unspecified atom stereocenters. The van der Waals surface area contributed by atoms with Gasteiger partial charge in [-0.3, -0.25) is 0 Å². The molecule has 108 valence electrons. The Bertz CT molecular complexity index is 710. The molecule has 0 fully saturated rings. The molecule has 0 saturated heterocycles. The van der Waals surface area contributed by atoms with Gasteiger partial charge in [-0.1, -0.05) is 0 Å². The number of hydrogen-bond donors (Lipinski definition) is 1. The molecule has 0 atom stereocenters. The SMILES string of the molecule is Cc1nc(CCNS(=O)(=O)c2ccc(F)c(C)c2)co1. The molecule has 1 heterocycles. The summed E-state index contributed by atoms with van der Waals surface area (Å²) in [5.74, 6) is 0.110. The maximum Gasteiger partial charge on any atom is 0.240 e. The van der Waals surface area contributed by atoms with Crippen molar-refractivity contribution in [3.05, 3.63) is 47.4 Å².